The van der Waals surface area contributed by atoms with E-state index < -0.39 is 5.54 Å². The van der Waals surface area contributed by atoms with Gasteiger partial charge in [0.25, 0.3) is 0 Å². The molecule has 0 aromatic heterocycles. The van der Waals surface area contributed by atoms with E-state index >= 15 is 0 Å². The summed E-state index contributed by atoms with van der Waals surface area (Å²) < 4.78 is 13.2. The summed E-state index contributed by atoms with van der Waals surface area (Å²) in [5.41, 5.74) is 1.11. The lowest BCUT2D eigenvalue weighted by Gasteiger charge is -2.29. The van der Waals surface area contributed by atoms with Gasteiger partial charge in [-0.15, -0.1) is 0 Å². The highest BCUT2D eigenvalue weighted by Crippen LogP contribution is 2.30. The Hall–Kier alpha value is -1.42. The molecule has 0 radical (unpaired) electrons. The summed E-state index contributed by atoms with van der Waals surface area (Å²) in [4.78, 5) is 14.0. The molecule has 1 aliphatic rings. The van der Waals surface area contributed by atoms with Gasteiger partial charge < -0.3 is 10.2 Å². The number of hydrogen-bond donors (Lipinski definition) is 1. The minimum absolute atomic E-state index is 0.0237. The van der Waals surface area contributed by atoms with Crippen molar-refractivity contribution in [3.05, 3.63) is 29.6 Å². The first-order chi connectivity index (χ1) is 7.95. The Labute approximate surface area is 101 Å². The Morgan fingerprint density at radius 1 is 1.47 bits per heavy atom. The molecule has 0 unspecified atom stereocenters. The van der Waals surface area contributed by atoms with Gasteiger partial charge in [-0.3, -0.25) is 4.79 Å². The first kappa shape index (κ1) is 12.0. The zero-order chi connectivity index (χ0) is 12.6. The van der Waals surface area contributed by atoms with Crippen LogP contribution in [0, 0.1) is 5.82 Å². The maximum Gasteiger partial charge on any atom is 0.246 e. The van der Waals surface area contributed by atoms with E-state index in [9.17, 15) is 9.18 Å². The zero-order valence-electron chi connectivity index (χ0n) is 10.4. The molecule has 0 saturated carbocycles. The van der Waals surface area contributed by atoms with Crippen LogP contribution in [0.5, 0.6) is 0 Å². The van der Waals surface area contributed by atoms with Crippen molar-refractivity contribution >= 4 is 11.6 Å². The van der Waals surface area contributed by atoms with Gasteiger partial charge in [0.1, 0.15) is 5.82 Å². The predicted octanol–water partition coefficient (Wildman–Crippen LogP) is 1.71. The van der Waals surface area contributed by atoms with Crippen LogP contribution in [0.15, 0.2) is 18.2 Å². The SMILES string of the molecule is CNC(C)(C)C(=O)N1CCc2ccc(F)cc21. The maximum absolute atomic E-state index is 13.2. The van der Waals surface area contributed by atoms with Crippen LogP contribution in [0.4, 0.5) is 10.1 Å². The lowest BCUT2D eigenvalue weighted by atomic mass is 10.0. The van der Waals surface area contributed by atoms with Gasteiger partial charge in [0.2, 0.25) is 5.91 Å². The van der Waals surface area contributed by atoms with Gasteiger partial charge in [0.15, 0.2) is 0 Å². The number of carbonyl (C=O) groups excluding carboxylic acids is 1. The average molecular weight is 236 g/mol. The normalized spacial score (nSPS) is 14.9. The summed E-state index contributed by atoms with van der Waals surface area (Å²) in [6.07, 6.45) is 0.793. The van der Waals surface area contributed by atoms with Gasteiger partial charge in [-0.05, 0) is 45.0 Å². The molecule has 0 saturated heterocycles. The molecule has 1 N–H and O–H groups in total. The van der Waals surface area contributed by atoms with E-state index in [2.05, 4.69) is 5.32 Å². The molecule has 0 bridgehead atoms. The topological polar surface area (TPSA) is 32.3 Å². The summed E-state index contributed by atoms with van der Waals surface area (Å²) in [5.74, 6) is -0.324. The van der Waals surface area contributed by atoms with Crippen LogP contribution >= 0.6 is 0 Å². The van der Waals surface area contributed by atoms with Crippen LogP contribution in [0.2, 0.25) is 0 Å². The zero-order valence-corrected chi connectivity index (χ0v) is 10.4. The van der Waals surface area contributed by atoms with Crippen molar-refractivity contribution < 1.29 is 9.18 Å². The van der Waals surface area contributed by atoms with Crippen LogP contribution in [0.1, 0.15) is 19.4 Å². The number of likely N-dealkylation sites (N-methyl/N-ethyl adjacent to an activating group) is 1. The highest BCUT2D eigenvalue weighted by atomic mass is 19.1. The van der Waals surface area contributed by atoms with E-state index in [0.29, 0.717) is 12.2 Å². The van der Waals surface area contributed by atoms with E-state index in [1.807, 2.05) is 13.8 Å². The first-order valence-electron chi connectivity index (χ1n) is 5.75. The molecule has 4 heteroatoms. The third kappa shape index (κ3) is 2.05. The quantitative estimate of drug-likeness (QED) is 0.848. The molecule has 0 aliphatic carbocycles. The van der Waals surface area contributed by atoms with Gasteiger partial charge in [-0.2, -0.15) is 0 Å². The summed E-state index contributed by atoms with van der Waals surface area (Å²) in [7, 11) is 1.75. The summed E-state index contributed by atoms with van der Waals surface area (Å²) >= 11 is 0. The van der Waals surface area contributed by atoms with Crippen molar-refractivity contribution in [1.29, 1.82) is 0 Å². The number of amides is 1. The van der Waals surface area contributed by atoms with Crippen LogP contribution < -0.4 is 10.2 Å². The van der Waals surface area contributed by atoms with Gasteiger partial charge >= 0.3 is 0 Å². The average Bonchev–Trinajstić information content (AvgIpc) is 2.70. The van der Waals surface area contributed by atoms with Crippen molar-refractivity contribution in [2.45, 2.75) is 25.8 Å². The lowest BCUT2D eigenvalue weighted by Crippen LogP contribution is -2.52. The van der Waals surface area contributed by atoms with Gasteiger partial charge in [-0.1, -0.05) is 6.07 Å². The molecule has 1 aromatic carbocycles. The van der Waals surface area contributed by atoms with E-state index in [1.54, 1.807) is 18.0 Å². The molecule has 1 heterocycles. The molecular formula is C13H17FN2O. The van der Waals surface area contributed by atoms with Crippen LogP contribution in [0.3, 0.4) is 0 Å². The van der Waals surface area contributed by atoms with E-state index in [0.717, 1.165) is 12.0 Å². The van der Waals surface area contributed by atoms with Crippen molar-refractivity contribution in [1.82, 2.24) is 5.32 Å². The van der Waals surface area contributed by atoms with Crippen molar-refractivity contribution in [3.8, 4) is 0 Å². The second-order valence-electron chi connectivity index (χ2n) is 4.85. The van der Waals surface area contributed by atoms with Gasteiger partial charge in [-0.25, -0.2) is 4.39 Å². The Kier molecular flexibility index (Phi) is 2.91. The fourth-order valence-corrected chi connectivity index (χ4v) is 2.01. The van der Waals surface area contributed by atoms with Crippen molar-refractivity contribution in [2.24, 2.45) is 0 Å². The Morgan fingerprint density at radius 3 is 2.82 bits per heavy atom. The first-order valence-corrected chi connectivity index (χ1v) is 5.75. The number of nitrogens with zero attached hydrogens (tertiary/aromatic N) is 1. The fraction of sp³-hybridized carbons (Fsp3) is 0.462. The number of carbonyl (C=O) groups is 1. The molecule has 17 heavy (non-hydrogen) atoms. The molecular weight excluding hydrogens is 219 g/mol. The molecule has 0 fully saturated rings. The number of anilines is 1. The number of rotatable bonds is 2. The third-order valence-corrected chi connectivity index (χ3v) is 3.35. The lowest BCUT2D eigenvalue weighted by molar-refractivity contribution is -0.123. The highest BCUT2D eigenvalue weighted by molar-refractivity contribution is 6.01. The number of halogens is 1. The highest BCUT2D eigenvalue weighted by Gasteiger charge is 2.34. The van der Waals surface area contributed by atoms with Crippen LogP contribution in [0.25, 0.3) is 0 Å². The molecule has 0 spiro atoms. The second-order valence-corrected chi connectivity index (χ2v) is 4.85. The smallest absolute Gasteiger partial charge is 0.246 e. The van der Waals surface area contributed by atoms with E-state index in [1.165, 1.54) is 12.1 Å². The van der Waals surface area contributed by atoms with E-state index in [4.69, 9.17) is 0 Å². The standard InChI is InChI=1S/C13H17FN2O/c1-13(2,15-3)12(17)16-7-6-9-4-5-10(14)8-11(9)16/h4-5,8,15H,6-7H2,1-3H3. The third-order valence-electron chi connectivity index (χ3n) is 3.35. The monoisotopic (exact) mass is 236 g/mol. The summed E-state index contributed by atoms with van der Waals surface area (Å²) in [6.45, 7) is 4.28. The molecule has 3 nitrogen and oxygen atoms in total. The Morgan fingerprint density at radius 2 is 2.18 bits per heavy atom. The van der Waals surface area contributed by atoms with Crippen LogP contribution in [-0.4, -0.2) is 25.0 Å². The Bertz CT molecular complexity index is 457. The van der Waals surface area contributed by atoms with Crippen molar-refractivity contribution in [3.63, 3.8) is 0 Å². The molecule has 1 aromatic rings. The number of hydrogen-bond acceptors (Lipinski definition) is 2. The number of nitrogens with one attached hydrogen (secondary N) is 1. The minimum Gasteiger partial charge on any atom is -0.310 e. The number of fused-ring (bicyclic) bond motifs is 1. The van der Waals surface area contributed by atoms with E-state index in [-0.39, 0.29) is 11.7 Å². The van der Waals surface area contributed by atoms with Crippen LogP contribution in [-0.2, 0) is 11.2 Å². The van der Waals surface area contributed by atoms with Crippen molar-refractivity contribution in [2.75, 3.05) is 18.5 Å². The minimum atomic E-state index is -0.631. The molecule has 92 valence electrons. The predicted molar refractivity (Wildman–Crippen MR) is 65.6 cm³/mol. The molecule has 2 rings (SSSR count). The van der Waals surface area contributed by atoms with Gasteiger partial charge in [0, 0.05) is 12.2 Å². The fourth-order valence-electron chi connectivity index (χ4n) is 2.01. The second kappa shape index (κ2) is 4.11. The molecule has 0 atom stereocenters. The Balaban J connectivity index is 2.34. The summed E-state index contributed by atoms with van der Waals surface area (Å²) in [5, 5.41) is 2.98. The summed E-state index contributed by atoms with van der Waals surface area (Å²) in [6, 6.07) is 4.63. The number of benzene rings is 1. The maximum atomic E-state index is 13.2. The molecule has 1 aliphatic heterocycles. The largest absolute Gasteiger partial charge is 0.310 e. The van der Waals surface area contributed by atoms with Gasteiger partial charge in [0.05, 0.1) is 5.54 Å². The molecule has 1 amide bonds.